The summed E-state index contributed by atoms with van der Waals surface area (Å²) in [6, 6.07) is 12.9. The van der Waals surface area contributed by atoms with Gasteiger partial charge in [-0.2, -0.15) is 5.26 Å². The number of allylic oxidation sites excluding steroid dienone is 2. The van der Waals surface area contributed by atoms with Crippen molar-refractivity contribution in [1.82, 2.24) is 0 Å². The van der Waals surface area contributed by atoms with Gasteiger partial charge in [-0.15, -0.1) is 0 Å². The average Bonchev–Trinajstić information content (AvgIpc) is 3.19. The molecule has 4 nitrogen and oxygen atoms in total. The van der Waals surface area contributed by atoms with E-state index in [1.807, 2.05) is 6.07 Å². The van der Waals surface area contributed by atoms with Gasteiger partial charge in [-0.25, -0.2) is 0 Å². The highest BCUT2D eigenvalue weighted by Gasteiger charge is 2.61. The van der Waals surface area contributed by atoms with Crippen molar-refractivity contribution in [3.63, 3.8) is 0 Å². The molecule has 6 rings (SSSR count). The number of hydrogen-bond donors (Lipinski definition) is 1. The second-order valence-corrected chi connectivity index (χ2v) is 12.4. The molecule has 0 aromatic heterocycles. The molecule has 3 fully saturated rings. The van der Waals surface area contributed by atoms with Gasteiger partial charge in [-0.3, -0.25) is 0 Å². The third-order valence-electron chi connectivity index (χ3n) is 11.1. The molecule has 0 amide bonds. The predicted molar refractivity (Wildman–Crippen MR) is 137 cm³/mol. The maximum absolute atomic E-state index is 9.99. The van der Waals surface area contributed by atoms with E-state index in [1.54, 1.807) is 0 Å². The molecule has 1 aliphatic heterocycles. The number of ether oxygens (including phenoxy) is 2. The van der Waals surface area contributed by atoms with Gasteiger partial charge < -0.3 is 15.2 Å². The van der Waals surface area contributed by atoms with Gasteiger partial charge in [0.05, 0.1) is 6.10 Å². The Labute approximate surface area is 210 Å². The van der Waals surface area contributed by atoms with Crippen LogP contribution in [0.4, 0.5) is 0 Å². The zero-order chi connectivity index (χ0) is 24.4. The Bertz CT molecular complexity index is 1100. The largest absolute Gasteiger partial charge is 0.466 e. The number of nitrogens with two attached hydrogens (primary N) is 1. The van der Waals surface area contributed by atoms with Crippen molar-refractivity contribution in [3.8, 4) is 6.07 Å². The Morgan fingerprint density at radius 1 is 1.06 bits per heavy atom. The van der Waals surface area contributed by atoms with Crippen molar-refractivity contribution in [3.05, 3.63) is 58.5 Å². The first kappa shape index (κ1) is 23.2. The quantitative estimate of drug-likeness (QED) is 0.525. The van der Waals surface area contributed by atoms with Crippen LogP contribution in [0.2, 0.25) is 0 Å². The van der Waals surface area contributed by atoms with Gasteiger partial charge in [-0.05, 0) is 110 Å². The summed E-state index contributed by atoms with van der Waals surface area (Å²) in [5.74, 6) is 3.22. The van der Waals surface area contributed by atoms with E-state index in [2.05, 4.69) is 51.1 Å². The number of nitrogens with zero attached hydrogens (tertiary/aromatic N) is 1. The number of nitriles is 1. The molecule has 1 aromatic rings. The lowest BCUT2D eigenvalue weighted by molar-refractivity contribution is -0.123. The van der Waals surface area contributed by atoms with Gasteiger partial charge in [-0.1, -0.05) is 44.2 Å². The molecule has 5 aliphatic rings. The van der Waals surface area contributed by atoms with E-state index in [0.29, 0.717) is 28.9 Å². The zero-order valence-electron chi connectivity index (χ0n) is 21.6. The third-order valence-corrected chi connectivity index (χ3v) is 11.1. The van der Waals surface area contributed by atoms with Crippen LogP contribution < -0.4 is 5.73 Å². The number of benzene rings is 1. The second-order valence-electron chi connectivity index (χ2n) is 12.4. The Kier molecular flexibility index (Phi) is 5.57. The first-order chi connectivity index (χ1) is 16.9. The monoisotopic (exact) mass is 472 g/mol. The lowest BCUT2D eigenvalue weighted by Gasteiger charge is -2.61. The van der Waals surface area contributed by atoms with Gasteiger partial charge in [0, 0.05) is 6.61 Å². The molecule has 0 radical (unpaired) electrons. The van der Waals surface area contributed by atoms with Crippen molar-refractivity contribution in [2.75, 3.05) is 6.61 Å². The third kappa shape index (κ3) is 3.34. The van der Waals surface area contributed by atoms with Gasteiger partial charge >= 0.3 is 0 Å². The van der Waals surface area contributed by atoms with Crippen LogP contribution in [-0.2, 0) is 9.47 Å². The van der Waals surface area contributed by atoms with Crippen molar-refractivity contribution < 1.29 is 9.47 Å². The van der Waals surface area contributed by atoms with E-state index in [4.69, 9.17) is 15.2 Å². The van der Waals surface area contributed by atoms with Crippen molar-refractivity contribution >= 4 is 0 Å². The van der Waals surface area contributed by atoms with E-state index < -0.39 is 0 Å². The molecular formula is C31H40N2O2. The Morgan fingerprint density at radius 3 is 2.57 bits per heavy atom. The standard InChI is InChI=1S/C31H40N2O2/c1-4-34-27-13-12-25-21-11-10-20-16-22-23(17-31(20,3)26(21)14-15-30(25,27)2)28(19-8-6-5-7-9-19)35-29(33)24(22)18-32/h5-9,20-21,25-28H,4,10-17,33H2,1-3H3/t20-,21?,25?,26?,27-,28?,30-,31-/m0/s1. The van der Waals surface area contributed by atoms with E-state index >= 15 is 0 Å². The molecule has 0 saturated heterocycles. The molecule has 2 N–H and O–H groups in total. The maximum Gasteiger partial charge on any atom is 0.203 e. The van der Waals surface area contributed by atoms with E-state index in [1.165, 1.54) is 49.7 Å². The highest BCUT2D eigenvalue weighted by molar-refractivity contribution is 5.52. The summed E-state index contributed by atoms with van der Waals surface area (Å²) in [5.41, 5.74) is 11.1. The highest BCUT2D eigenvalue weighted by atomic mass is 16.5. The van der Waals surface area contributed by atoms with E-state index in [-0.39, 0.29) is 11.5 Å². The molecular weight excluding hydrogens is 432 g/mol. The molecule has 1 aromatic carbocycles. The van der Waals surface area contributed by atoms with Crippen LogP contribution in [0.15, 0.2) is 52.9 Å². The average molecular weight is 473 g/mol. The fourth-order valence-corrected chi connectivity index (χ4v) is 9.41. The van der Waals surface area contributed by atoms with E-state index in [0.717, 1.165) is 42.8 Å². The first-order valence-corrected chi connectivity index (χ1v) is 13.9. The Morgan fingerprint density at radius 2 is 1.83 bits per heavy atom. The molecule has 4 aliphatic carbocycles. The smallest absolute Gasteiger partial charge is 0.203 e. The molecule has 35 heavy (non-hydrogen) atoms. The van der Waals surface area contributed by atoms with Gasteiger partial charge in [0.1, 0.15) is 17.7 Å². The van der Waals surface area contributed by atoms with Crippen LogP contribution in [0.3, 0.4) is 0 Å². The SMILES string of the molecule is CCO[C@H]1CCC2C3CC[C@H]4CC5=C(C[C@]4(C)C3CC[C@@]21C)C(c1ccccc1)OC(N)=C5C#N. The summed E-state index contributed by atoms with van der Waals surface area (Å²) in [6.07, 6.45) is 9.97. The molecule has 1 heterocycles. The fourth-order valence-electron chi connectivity index (χ4n) is 9.41. The molecule has 0 spiro atoms. The van der Waals surface area contributed by atoms with Crippen molar-refractivity contribution in [2.24, 2.45) is 40.2 Å². The van der Waals surface area contributed by atoms with Crippen LogP contribution in [0.1, 0.15) is 83.8 Å². The lowest BCUT2D eigenvalue weighted by Crippen LogP contribution is -2.54. The number of hydrogen-bond acceptors (Lipinski definition) is 4. The van der Waals surface area contributed by atoms with Crippen LogP contribution in [0.5, 0.6) is 0 Å². The molecule has 4 heteroatoms. The Balaban J connectivity index is 1.37. The maximum atomic E-state index is 9.99. The summed E-state index contributed by atoms with van der Waals surface area (Å²) in [6.45, 7) is 8.08. The van der Waals surface area contributed by atoms with Crippen LogP contribution in [-0.4, -0.2) is 12.7 Å². The van der Waals surface area contributed by atoms with Gasteiger partial charge in [0.15, 0.2) is 0 Å². The number of fused-ring (bicyclic) bond motifs is 5. The van der Waals surface area contributed by atoms with Crippen LogP contribution in [0, 0.1) is 45.8 Å². The van der Waals surface area contributed by atoms with Crippen LogP contribution in [0.25, 0.3) is 0 Å². The summed E-state index contributed by atoms with van der Waals surface area (Å²) in [4.78, 5) is 0. The number of rotatable bonds is 3. The summed E-state index contributed by atoms with van der Waals surface area (Å²) in [7, 11) is 0. The summed E-state index contributed by atoms with van der Waals surface area (Å²) in [5, 5.41) is 9.99. The first-order valence-electron chi connectivity index (χ1n) is 13.9. The van der Waals surface area contributed by atoms with E-state index in [9.17, 15) is 5.26 Å². The minimum absolute atomic E-state index is 0.177. The molecule has 4 unspecified atom stereocenters. The van der Waals surface area contributed by atoms with Crippen molar-refractivity contribution in [2.45, 2.75) is 84.3 Å². The lowest BCUT2D eigenvalue weighted by atomic mass is 9.44. The Hall–Kier alpha value is -2.25. The molecule has 3 saturated carbocycles. The van der Waals surface area contributed by atoms with Gasteiger partial charge in [0.25, 0.3) is 0 Å². The minimum atomic E-state index is -0.177. The van der Waals surface area contributed by atoms with Crippen molar-refractivity contribution in [1.29, 1.82) is 5.26 Å². The molecule has 186 valence electrons. The minimum Gasteiger partial charge on any atom is -0.466 e. The molecule has 0 bridgehead atoms. The van der Waals surface area contributed by atoms with Crippen LogP contribution >= 0.6 is 0 Å². The molecule has 8 atom stereocenters. The topological polar surface area (TPSA) is 68.3 Å². The van der Waals surface area contributed by atoms with Gasteiger partial charge in [0.2, 0.25) is 5.88 Å². The zero-order valence-corrected chi connectivity index (χ0v) is 21.6. The highest BCUT2D eigenvalue weighted by Crippen LogP contribution is 2.68. The normalized spacial score (nSPS) is 42.3. The predicted octanol–water partition coefficient (Wildman–Crippen LogP) is 6.81. The summed E-state index contributed by atoms with van der Waals surface area (Å²) >= 11 is 0. The summed E-state index contributed by atoms with van der Waals surface area (Å²) < 4.78 is 12.6. The fraction of sp³-hybridized carbons (Fsp3) is 0.645. The second kappa shape index (κ2) is 8.41.